The molecule has 0 radical (unpaired) electrons. The largest absolute Gasteiger partial charge is 0.416 e. The highest BCUT2D eigenvalue weighted by Gasteiger charge is 2.30. The second-order valence-electron chi connectivity index (χ2n) is 5.51. The lowest BCUT2D eigenvalue weighted by Crippen LogP contribution is -2.14. The second kappa shape index (κ2) is 4.99. The molecule has 0 aliphatic rings. The molecule has 3 nitrogen and oxygen atoms in total. The summed E-state index contributed by atoms with van der Waals surface area (Å²) in [5.41, 5.74) is -0.0253. The number of alkyl halides is 3. The molecule has 0 bridgehead atoms. The molecule has 1 aromatic heterocycles. The summed E-state index contributed by atoms with van der Waals surface area (Å²) >= 11 is 0. The highest BCUT2D eigenvalue weighted by Crippen LogP contribution is 2.29. The van der Waals surface area contributed by atoms with E-state index in [4.69, 9.17) is 0 Å². The summed E-state index contributed by atoms with van der Waals surface area (Å²) in [6.07, 6.45) is -4.40. The first-order chi connectivity index (χ1) is 11.4. The van der Waals surface area contributed by atoms with Gasteiger partial charge in [-0.3, -0.25) is 9.89 Å². The molecule has 4 aromatic rings. The summed E-state index contributed by atoms with van der Waals surface area (Å²) in [5, 5.41) is 5.36. The summed E-state index contributed by atoms with van der Waals surface area (Å²) in [5.74, 6) is 0. The minimum atomic E-state index is -4.40. The summed E-state index contributed by atoms with van der Waals surface area (Å²) in [6.45, 7) is 0. The number of hydrogen-bond donors (Lipinski definition) is 1. The number of halogens is 3. The van der Waals surface area contributed by atoms with Crippen LogP contribution in [0.1, 0.15) is 5.56 Å². The molecule has 0 saturated carbocycles. The van der Waals surface area contributed by atoms with Gasteiger partial charge in [0.25, 0.3) is 5.56 Å². The molecule has 1 heterocycles. The number of aromatic amines is 1. The zero-order chi connectivity index (χ0) is 16.9. The Labute approximate surface area is 133 Å². The van der Waals surface area contributed by atoms with Crippen LogP contribution < -0.4 is 5.56 Å². The van der Waals surface area contributed by atoms with Crippen molar-refractivity contribution in [2.24, 2.45) is 0 Å². The van der Waals surface area contributed by atoms with Gasteiger partial charge in [-0.15, -0.1) is 0 Å². The second-order valence-corrected chi connectivity index (χ2v) is 5.51. The Morgan fingerprint density at radius 3 is 2.25 bits per heavy atom. The van der Waals surface area contributed by atoms with Gasteiger partial charge >= 0.3 is 6.18 Å². The Morgan fingerprint density at radius 1 is 0.833 bits per heavy atom. The molecular formula is C18H11F3N2O. The topological polar surface area (TPSA) is 37.8 Å². The maximum absolute atomic E-state index is 12.7. The van der Waals surface area contributed by atoms with Crippen LogP contribution in [0, 0.1) is 0 Å². The van der Waals surface area contributed by atoms with Crippen LogP contribution >= 0.6 is 0 Å². The standard InChI is InChI=1S/C18H11F3N2O/c19-18(20,21)12-6-8-13(9-7-12)23-17(24)15-10-5-11-3-1-2-4-14(11)16(15)22-23/h1-10,22H. The van der Waals surface area contributed by atoms with E-state index in [1.54, 1.807) is 6.07 Å². The van der Waals surface area contributed by atoms with Crippen molar-refractivity contribution in [2.45, 2.75) is 6.18 Å². The Balaban J connectivity index is 1.93. The highest BCUT2D eigenvalue weighted by atomic mass is 19.4. The number of aromatic nitrogens is 2. The van der Waals surface area contributed by atoms with Crippen LogP contribution in [-0.4, -0.2) is 9.78 Å². The quantitative estimate of drug-likeness (QED) is 0.549. The van der Waals surface area contributed by atoms with Crippen LogP contribution in [-0.2, 0) is 6.18 Å². The molecular weight excluding hydrogens is 317 g/mol. The average molecular weight is 328 g/mol. The van der Waals surface area contributed by atoms with Gasteiger partial charge in [-0.05, 0) is 35.7 Å². The normalized spacial score (nSPS) is 12.1. The lowest BCUT2D eigenvalue weighted by Gasteiger charge is -2.07. The van der Waals surface area contributed by atoms with Gasteiger partial charge in [0.05, 0.1) is 22.2 Å². The Hall–Kier alpha value is -3.02. The van der Waals surface area contributed by atoms with Gasteiger partial charge in [-0.25, -0.2) is 4.68 Å². The van der Waals surface area contributed by atoms with Crippen molar-refractivity contribution in [3.8, 4) is 5.69 Å². The maximum Gasteiger partial charge on any atom is 0.416 e. The van der Waals surface area contributed by atoms with Crippen LogP contribution in [0.15, 0.2) is 65.5 Å². The third-order valence-corrected chi connectivity index (χ3v) is 4.04. The fraction of sp³-hybridized carbons (Fsp3) is 0.0556. The monoisotopic (exact) mass is 328 g/mol. The predicted molar refractivity (Wildman–Crippen MR) is 86.4 cm³/mol. The Morgan fingerprint density at radius 2 is 1.54 bits per heavy atom. The number of fused-ring (bicyclic) bond motifs is 3. The molecule has 1 N–H and O–H groups in total. The van der Waals surface area contributed by atoms with Crippen molar-refractivity contribution in [3.63, 3.8) is 0 Å². The molecule has 3 aromatic carbocycles. The lowest BCUT2D eigenvalue weighted by molar-refractivity contribution is -0.137. The van der Waals surface area contributed by atoms with Gasteiger partial charge in [-0.1, -0.05) is 30.3 Å². The van der Waals surface area contributed by atoms with Crippen molar-refractivity contribution in [1.29, 1.82) is 0 Å². The van der Waals surface area contributed by atoms with Crippen molar-refractivity contribution in [2.75, 3.05) is 0 Å². The Bertz CT molecular complexity index is 1110. The fourth-order valence-corrected chi connectivity index (χ4v) is 2.83. The first-order valence-electron chi connectivity index (χ1n) is 7.25. The van der Waals surface area contributed by atoms with Crippen molar-refractivity contribution in [3.05, 3.63) is 76.6 Å². The minimum Gasteiger partial charge on any atom is -0.290 e. The van der Waals surface area contributed by atoms with Crippen LogP contribution in [0.25, 0.3) is 27.4 Å². The van der Waals surface area contributed by atoms with Gasteiger partial charge in [0.1, 0.15) is 0 Å². The van der Waals surface area contributed by atoms with E-state index in [1.165, 1.54) is 16.8 Å². The van der Waals surface area contributed by atoms with Gasteiger partial charge in [0, 0.05) is 5.39 Å². The molecule has 4 rings (SSSR count). The van der Waals surface area contributed by atoms with E-state index < -0.39 is 11.7 Å². The van der Waals surface area contributed by atoms with E-state index in [2.05, 4.69) is 5.10 Å². The van der Waals surface area contributed by atoms with Gasteiger partial charge in [0.15, 0.2) is 0 Å². The van der Waals surface area contributed by atoms with E-state index >= 15 is 0 Å². The number of H-pyrrole nitrogens is 1. The summed E-state index contributed by atoms with van der Waals surface area (Å²) in [6, 6.07) is 15.7. The predicted octanol–water partition coefficient (Wildman–Crippen LogP) is 4.49. The minimum absolute atomic E-state index is 0.296. The van der Waals surface area contributed by atoms with E-state index in [-0.39, 0.29) is 5.56 Å². The fourth-order valence-electron chi connectivity index (χ4n) is 2.83. The third kappa shape index (κ3) is 2.19. The highest BCUT2D eigenvalue weighted by molar-refractivity contribution is 6.04. The zero-order valence-electron chi connectivity index (χ0n) is 12.3. The number of nitrogens with one attached hydrogen (secondary N) is 1. The summed E-state index contributed by atoms with van der Waals surface area (Å²) in [4.78, 5) is 12.6. The van der Waals surface area contributed by atoms with Crippen molar-refractivity contribution in [1.82, 2.24) is 9.78 Å². The average Bonchev–Trinajstić information content (AvgIpc) is 2.92. The number of hydrogen-bond acceptors (Lipinski definition) is 1. The molecule has 6 heteroatoms. The summed E-state index contributed by atoms with van der Waals surface area (Å²) in [7, 11) is 0. The Kier molecular flexibility index (Phi) is 3.03. The van der Waals surface area contributed by atoms with Crippen LogP contribution in [0.5, 0.6) is 0 Å². The molecule has 0 fully saturated rings. The SMILES string of the molecule is O=c1c2ccc3ccccc3c2[nH]n1-c1ccc(C(F)(F)F)cc1. The number of benzene rings is 3. The van der Waals surface area contributed by atoms with Crippen molar-refractivity contribution >= 4 is 21.7 Å². The number of rotatable bonds is 1. The van der Waals surface area contributed by atoms with Gasteiger partial charge in [-0.2, -0.15) is 13.2 Å². The molecule has 0 saturated heterocycles. The molecule has 120 valence electrons. The zero-order valence-corrected chi connectivity index (χ0v) is 12.3. The molecule has 0 spiro atoms. The van der Waals surface area contributed by atoms with Crippen LogP contribution in [0.2, 0.25) is 0 Å². The lowest BCUT2D eigenvalue weighted by atomic mass is 10.1. The van der Waals surface area contributed by atoms with Gasteiger partial charge < -0.3 is 0 Å². The molecule has 0 atom stereocenters. The van der Waals surface area contributed by atoms with E-state index in [0.717, 1.165) is 22.9 Å². The van der Waals surface area contributed by atoms with E-state index in [0.29, 0.717) is 16.6 Å². The first kappa shape index (κ1) is 14.6. The molecule has 0 amide bonds. The van der Waals surface area contributed by atoms with Crippen LogP contribution in [0.3, 0.4) is 0 Å². The maximum atomic E-state index is 12.7. The molecule has 0 unspecified atom stereocenters. The van der Waals surface area contributed by atoms with E-state index in [9.17, 15) is 18.0 Å². The first-order valence-corrected chi connectivity index (χ1v) is 7.25. The van der Waals surface area contributed by atoms with Crippen molar-refractivity contribution < 1.29 is 13.2 Å². The third-order valence-electron chi connectivity index (χ3n) is 4.04. The van der Waals surface area contributed by atoms with E-state index in [1.807, 2.05) is 30.3 Å². The molecule has 24 heavy (non-hydrogen) atoms. The van der Waals surface area contributed by atoms with Crippen LogP contribution in [0.4, 0.5) is 13.2 Å². The smallest absolute Gasteiger partial charge is 0.290 e. The van der Waals surface area contributed by atoms with Gasteiger partial charge in [0.2, 0.25) is 0 Å². The number of nitrogens with zero attached hydrogens (tertiary/aromatic N) is 1. The molecule has 0 aliphatic carbocycles. The summed E-state index contributed by atoms with van der Waals surface area (Å²) < 4.78 is 39.3. The molecule has 0 aliphatic heterocycles.